The van der Waals surface area contributed by atoms with Crippen LogP contribution in [-0.2, 0) is 17.7 Å². The van der Waals surface area contributed by atoms with Crippen LogP contribution >= 0.6 is 0 Å². The summed E-state index contributed by atoms with van der Waals surface area (Å²) < 4.78 is 8.91. The van der Waals surface area contributed by atoms with Crippen LogP contribution in [0.2, 0.25) is 0 Å². The number of anilines is 1. The first kappa shape index (κ1) is 20.5. The Hall–Kier alpha value is -3.38. The number of aromatic nitrogens is 6. The van der Waals surface area contributed by atoms with Crippen LogP contribution in [0.15, 0.2) is 49.1 Å². The molecule has 0 amide bonds. The van der Waals surface area contributed by atoms with E-state index in [-0.39, 0.29) is 5.82 Å². The lowest BCUT2D eigenvalue weighted by atomic mass is 10.1. The lowest BCUT2D eigenvalue weighted by Crippen LogP contribution is -2.33. The molecule has 0 spiro atoms. The average molecular weight is 437 g/mol. The maximum atomic E-state index is 10.4. The van der Waals surface area contributed by atoms with Gasteiger partial charge in [-0.15, -0.1) is 0 Å². The number of hydrogen-bond acceptors (Lipinski definition) is 9. The number of nitrogen functional groups attached to an aromatic ring is 1. The Labute approximate surface area is 182 Å². The van der Waals surface area contributed by atoms with Gasteiger partial charge in [0.05, 0.1) is 24.7 Å². The van der Waals surface area contributed by atoms with Crippen LogP contribution in [0.3, 0.4) is 0 Å². The molecule has 4 atom stereocenters. The third-order valence-corrected chi connectivity index (χ3v) is 5.60. The molecule has 5 rings (SSSR count). The molecule has 32 heavy (non-hydrogen) atoms. The van der Waals surface area contributed by atoms with Gasteiger partial charge in [0.15, 0.2) is 23.5 Å². The van der Waals surface area contributed by atoms with Gasteiger partial charge in [-0.25, -0.2) is 15.0 Å². The molecule has 1 aromatic carbocycles. The van der Waals surface area contributed by atoms with Gasteiger partial charge in [0.1, 0.15) is 23.8 Å². The zero-order valence-electron chi connectivity index (χ0n) is 17.1. The Kier molecular flexibility index (Phi) is 5.31. The Bertz CT molecular complexity index is 1230. The van der Waals surface area contributed by atoms with Crippen LogP contribution in [0.4, 0.5) is 5.82 Å². The summed E-state index contributed by atoms with van der Waals surface area (Å²) in [6.45, 7) is 0.272. The highest BCUT2D eigenvalue weighted by Crippen LogP contribution is 2.32. The lowest BCUT2D eigenvalue weighted by molar-refractivity contribution is -0.0511. The third kappa shape index (κ3) is 3.60. The molecule has 4 heterocycles. The number of rotatable bonds is 6. The standard InChI is InChI=1S/C21H23N7O4/c22-18-15-20(28(11-23-15)21-17(31)16(30)14(10-29)32-21)26-19(25-18)13-8-24-27(9-13)7-6-12-4-2-1-3-5-12/h1-5,8-9,11,14,16-17,21,29-31H,6-7,10H2,(H2,22,25,26)/t14?,16-,17?,21-/m1/s1. The summed E-state index contributed by atoms with van der Waals surface area (Å²) in [6, 6.07) is 10.1. The average Bonchev–Trinajstić information content (AvgIpc) is 3.52. The Morgan fingerprint density at radius 3 is 2.66 bits per heavy atom. The summed E-state index contributed by atoms with van der Waals surface area (Å²) in [5.74, 6) is 0.530. The highest BCUT2D eigenvalue weighted by molar-refractivity contribution is 5.83. The number of benzene rings is 1. The SMILES string of the molecule is Nc1nc(-c2cnn(CCc3ccccc3)c2)nc2c1ncn2[C@@H]1OC(CO)[C@@H](O)C1O. The minimum atomic E-state index is -1.26. The predicted octanol–water partition coefficient (Wildman–Crippen LogP) is 0.126. The second kappa shape index (κ2) is 8.28. The van der Waals surface area contributed by atoms with Gasteiger partial charge in [-0.05, 0) is 12.0 Å². The first-order chi connectivity index (χ1) is 15.5. The number of nitrogens with zero attached hydrogens (tertiary/aromatic N) is 6. The zero-order valence-corrected chi connectivity index (χ0v) is 17.1. The molecule has 5 N–H and O–H groups in total. The maximum absolute atomic E-state index is 10.4. The molecule has 4 aromatic rings. The molecule has 2 unspecified atom stereocenters. The molecule has 0 saturated carbocycles. The van der Waals surface area contributed by atoms with E-state index in [4.69, 9.17) is 10.5 Å². The van der Waals surface area contributed by atoms with Crippen LogP contribution < -0.4 is 5.73 Å². The van der Waals surface area contributed by atoms with E-state index in [2.05, 4.69) is 32.2 Å². The monoisotopic (exact) mass is 437 g/mol. The number of imidazole rings is 1. The molecule has 0 aliphatic carbocycles. The van der Waals surface area contributed by atoms with Crippen molar-refractivity contribution in [3.8, 4) is 11.4 Å². The number of aryl methyl sites for hydroxylation is 2. The molecule has 1 aliphatic rings. The first-order valence-corrected chi connectivity index (χ1v) is 10.2. The van der Waals surface area contributed by atoms with E-state index in [1.54, 1.807) is 6.20 Å². The predicted molar refractivity (Wildman–Crippen MR) is 114 cm³/mol. The van der Waals surface area contributed by atoms with Gasteiger partial charge >= 0.3 is 0 Å². The second-order valence-electron chi connectivity index (χ2n) is 7.71. The van der Waals surface area contributed by atoms with Crippen LogP contribution in [0.25, 0.3) is 22.6 Å². The molecule has 3 aromatic heterocycles. The summed E-state index contributed by atoms with van der Waals surface area (Å²) in [5, 5.41) is 34.2. The molecule has 166 valence electrons. The van der Waals surface area contributed by atoms with E-state index in [1.165, 1.54) is 16.5 Å². The van der Waals surface area contributed by atoms with Gasteiger partial charge in [0.25, 0.3) is 0 Å². The fourth-order valence-corrected chi connectivity index (χ4v) is 3.85. The van der Waals surface area contributed by atoms with Crippen LogP contribution in [0.1, 0.15) is 11.8 Å². The van der Waals surface area contributed by atoms with Gasteiger partial charge in [0, 0.05) is 12.7 Å². The van der Waals surface area contributed by atoms with Gasteiger partial charge in [0.2, 0.25) is 0 Å². The maximum Gasteiger partial charge on any atom is 0.168 e. The number of aliphatic hydroxyl groups excluding tert-OH is 3. The summed E-state index contributed by atoms with van der Waals surface area (Å²) in [7, 11) is 0. The summed E-state index contributed by atoms with van der Waals surface area (Å²) in [4.78, 5) is 13.2. The van der Waals surface area contributed by atoms with E-state index in [9.17, 15) is 15.3 Å². The van der Waals surface area contributed by atoms with Crippen LogP contribution in [0.5, 0.6) is 0 Å². The minimum Gasteiger partial charge on any atom is -0.394 e. The van der Waals surface area contributed by atoms with E-state index in [1.807, 2.05) is 29.1 Å². The van der Waals surface area contributed by atoms with Crippen molar-refractivity contribution in [1.29, 1.82) is 0 Å². The van der Waals surface area contributed by atoms with Crippen molar-refractivity contribution < 1.29 is 20.1 Å². The molecular formula is C21H23N7O4. The van der Waals surface area contributed by atoms with Crippen molar-refractivity contribution in [3.63, 3.8) is 0 Å². The Morgan fingerprint density at radius 2 is 1.91 bits per heavy atom. The number of nitrogens with two attached hydrogens (primary N) is 1. The molecule has 11 heteroatoms. The first-order valence-electron chi connectivity index (χ1n) is 10.2. The fraction of sp³-hybridized carbons (Fsp3) is 0.333. The van der Waals surface area contributed by atoms with E-state index in [0.717, 1.165) is 6.42 Å². The number of fused-ring (bicyclic) bond motifs is 1. The highest BCUT2D eigenvalue weighted by Gasteiger charge is 2.44. The van der Waals surface area contributed by atoms with Crippen molar-refractivity contribution in [2.45, 2.75) is 37.5 Å². The molecule has 0 bridgehead atoms. The zero-order chi connectivity index (χ0) is 22.2. The van der Waals surface area contributed by atoms with E-state index in [0.29, 0.717) is 29.1 Å². The molecular weight excluding hydrogens is 414 g/mol. The van der Waals surface area contributed by atoms with Crippen molar-refractivity contribution in [2.75, 3.05) is 12.3 Å². The topological polar surface area (TPSA) is 157 Å². The van der Waals surface area contributed by atoms with Crippen molar-refractivity contribution in [1.82, 2.24) is 29.3 Å². The van der Waals surface area contributed by atoms with Crippen molar-refractivity contribution in [2.24, 2.45) is 0 Å². The summed E-state index contributed by atoms with van der Waals surface area (Å²) in [5.41, 5.74) is 8.71. The van der Waals surface area contributed by atoms with Crippen LogP contribution in [-0.4, -0.2) is 69.5 Å². The van der Waals surface area contributed by atoms with Crippen molar-refractivity contribution in [3.05, 3.63) is 54.6 Å². The Morgan fingerprint density at radius 1 is 1.09 bits per heavy atom. The second-order valence-corrected chi connectivity index (χ2v) is 7.71. The number of ether oxygens (including phenoxy) is 1. The largest absolute Gasteiger partial charge is 0.394 e. The highest BCUT2D eigenvalue weighted by atomic mass is 16.6. The summed E-state index contributed by atoms with van der Waals surface area (Å²) >= 11 is 0. The normalized spacial score (nSPS) is 23.2. The third-order valence-electron chi connectivity index (χ3n) is 5.60. The minimum absolute atomic E-state index is 0.174. The van der Waals surface area contributed by atoms with E-state index >= 15 is 0 Å². The van der Waals surface area contributed by atoms with Gasteiger partial charge < -0.3 is 25.8 Å². The molecule has 11 nitrogen and oxygen atoms in total. The fourth-order valence-electron chi connectivity index (χ4n) is 3.85. The smallest absolute Gasteiger partial charge is 0.168 e. The van der Waals surface area contributed by atoms with Gasteiger partial charge in [-0.1, -0.05) is 30.3 Å². The quantitative estimate of drug-likeness (QED) is 0.329. The van der Waals surface area contributed by atoms with Crippen LogP contribution in [0, 0.1) is 0 Å². The van der Waals surface area contributed by atoms with E-state index < -0.39 is 31.1 Å². The molecule has 0 radical (unpaired) electrons. The van der Waals surface area contributed by atoms with Gasteiger partial charge in [-0.3, -0.25) is 9.25 Å². The van der Waals surface area contributed by atoms with Crippen molar-refractivity contribution >= 4 is 17.0 Å². The molecule has 1 fully saturated rings. The number of aliphatic hydroxyl groups is 3. The lowest BCUT2D eigenvalue weighted by Gasteiger charge is -2.16. The van der Waals surface area contributed by atoms with Gasteiger partial charge in [-0.2, -0.15) is 5.10 Å². The molecule has 1 aliphatic heterocycles. The summed E-state index contributed by atoms with van der Waals surface area (Å²) in [6.07, 6.45) is 1.39. The number of hydrogen-bond donors (Lipinski definition) is 4. The Balaban J connectivity index is 1.43. The molecule has 1 saturated heterocycles.